The molecule has 2 N–H and O–H groups in total. The molecule has 3 heterocycles. The molecule has 0 atom stereocenters. The second-order valence-corrected chi connectivity index (χ2v) is 6.98. The molecule has 0 spiro atoms. The van der Waals surface area contributed by atoms with Crippen LogP contribution in [0.5, 0.6) is 0 Å². The summed E-state index contributed by atoms with van der Waals surface area (Å²) in [5.41, 5.74) is 1.04. The number of hydrogen-bond acceptors (Lipinski definition) is 6. The van der Waals surface area contributed by atoms with E-state index in [1.807, 2.05) is 0 Å². The molecule has 2 aliphatic rings. The quantitative estimate of drug-likeness (QED) is 0.895. The maximum atomic E-state index is 12.8. The van der Waals surface area contributed by atoms with Gasteiger partial charge in [0.2, 0.25) is 5.71 Å². The van der Waals surface area contributed by atoms with Crippen molar-refractivity contribution in [1.82, 2.24) is 15.3 Å². The van der Waals surface area contributed by atoms with Crippen LogP contribution in [0.4, 0.5) is 5.82 Å². The SMILES string of the molecule is Cc1oc2ncnc(NC3(C)CC3)c2c1C(=O)NC1CCOCC1. The monoisotopic (exact) mass is 330 g/mol. The molecule has 7 heteroatoms. The Bertz CT molecular complexity index is 775. The van der Waals surface area contributed by atoms with Crippen molar-refractivity contribution in [2.75, 3.05) is 18.5 Å². The van der Waals surface area contributed by atoms with Crippen molar-refractivity contribution in [3.8, 4) is 0 Å². The number of rotatable bonds is 4. The minimum absolute atomic E-state index is 0.0565. The van der Waals surface area contributed by atoms with Gasteiger partial charge in [-0.2, -0.15) is 0 Å². The first-order valence-corrected chi connectivity index (χ1v) is 8.47. The first-order chi connectivity index (χ1) is 11.6. The summed E-state index contributed by atoms with van der Waals surface area (Å²) in [4.78, 5) is 21.4. The van der Waals surface area contributed by atoms with E-state index in [2.05, 4.69) is 27.5 Å². The zero-order valence-corrected chi connectivity index (χ0v) is 14.0. The average Bonchev–Trinajstić information content (AvgIpc) is 3.17. The number of aryl methyl sites for hydroxylation is 1. The number of hydrogen-bond donors (Lipinski definition) is 2. The highest BCUT2D eigenvalue weighted by molar-refractivity contribution is 6.10. The molecule has 0 bridgehead atoms. The third kappa shape index (κ3) is 2.84. The number of ether oxygens (including phenoxy) is 1. The largest absolute Gasteiger partial charge is 0.442 e. The van der Waals surface area contributed by atoms with Crippen LogP contribution in [0.1, 0.15) is 48.7 Å². The molecule has 0 radical (unpaired) electrons. The number of nitrogens with zero attached hydrogens (tertiary/aromatic N) is 2. The number of furan rings is 1. The van der Waals surface area contributed by atoms with E-state index in [0.717, 1.165) is 25.7 Å². The first kappa shape index (κ1) is 15.4. The molecule has 0 unspecified atom stereocenters. The van der Waals surface area contributed by atoms with Gasteiger partial charge >= 0.3 is 0 Å². The van der Waals surface area contributed by atoms with Gasteiger partial charge in [-0.3, -0.25) is 4.79 Å². The van der Waals surface area contributed by atoms with E-state index in [4.69, 9.17) is 9.15 Å². The van der Waals surface area contributed by atoms with E-state index in [0.29, 0.717) is 41.5 Å². The van der Waals surface area contributed by atoms with Crippen LogP contribution in [-0.4, -0.2) is 40.7 Å². The summed E-state index contributed by atoms with van der Waals surface area (Å²) in [5.74, 6) is 1.12. The zero-order chi connectivity index (χ0) is 16.7. The summed E-state index contributed by atoms with van der Waals surface area (Å²) in [7, 11) is 0. The smallest absolute Gasteiger partial charge is 0.255 e. The van der Waals surface area contributed by atoms with Crippen molar-refractivity contribution in [2.45, 2.75) is 51.1 Å². The molecule has 1 aliphatic heterocycles. The van der Waals surface area contributed by atoms with Gasteiger partial charge in [0.05, 0.1) is 10.9 Å². The summed E-state index contributed by atoms with van der Waals surface area (Å²) in [5, 5.41) is 7.21. The Morgan fingerprint density at radius 3 is 2.75 bits per heavy atom. The number of carbonyl (C=O) groups excluding carboxylic acids is 1. The fraction of sp³-hybridized carbons (Fsp3) is 0.588. The molecule has 1 amide bonds. The highest BCUT2D eigenvalue weighted by Gasteiger charge is 2.38. The third-order valence-corrected chi connectivity index (χ3v) is 4.87. The minimum atomic E-state index is -0.128. The standard InChI is InChI=1S/C17H22N4O3/c1-10-12(15(22)20-11-3-7-23-8-4-11)13-14(21-17(2)5-6-17)18-9-19-16(13)24-10/h9,11H,3-8H2,1-2H3,(H,20,22)(H,18,19,21). The lowest BCUT2D eigenvalue weighted by Gasteiger charge is -2.23. The van der Waals surface area contributed by atoms with Gasteiger partial charge in [-0.1, -0.05) is 0 Å². The summed E-state index contributed by atoms with van der Waals surface area (Å²) in [6.45, 7) is 5.31. The van der Waals surface area contributed by atoms with Crippen LogP contribution < -0.4 is 10.6 Å². The van der Waals surface area contributed by atoms with Crippen LogP contribution in [0, 0.1) is 6.92 Å². The Morgan fingerprint density at radius 2 is 2.04 bits per heavy atom. The van der Waals surface area contributed by atoms with Crippen molar-refractivity contribution in [3.63, 3.8) is 0 Å². The van der Waals surface area contributed by atoms with E-state index in [-0.39, 0.29) is 17.5 Å². The Kier molecular flexibility index (Phi) is 3.68. The molecule has 2 aromatic heterocycles. The Labute approximate surface area is 140 Å². The van der Waals surface area contributed by atoms with Crippen molar-refractivity contribution < 1.29 is 13.9 Å². The normalized spacial score (nSPS) is 20.1. The fourth-order valence-corrected chi connectivity index (χ4v) is 3.11. The molecule has 2 fully saturated rings. The molecular weight excluding hydrogens is 308 g/mol. The lowest BCUT2D eigenvalue weighted by Crippen LogP contribution is -2.39. The second-order valence-electron chi connectivity index (χ2n) is 6.98. The van der Waals surface area contributed by atoms with Crippen molar-refractivity contribution in [1.29, 1.82) is 0 Å². The van der Waals surface area contributed by atoms with Gasteiger partial charge in [0.25, 0.3) is 5.91 Å². The molecule has 1 saturated heterocycles. The van der Waals surface area contributed by atoms with Crippen LogP contribution >= 0.6 is 0 Å². The molecule has 1 saturated carbocycles. The molecule has 128 valence electrons. The van der Waals surface area contributed by atoms with Gasteiger partial charge in [-0.05, 0) is 39.5 Å². The van der Waals surface area contributed by atoms with Crippen LogP contribution in [0.2, 0.25) is 0 Å². The number of fused-ring (bicyclic) bond motifs is 1. The molecule has 0 aromatic carbocycles. The summed E-state index contributed by atoms with van der Waals surface area (Å²) in [6.07, 6.45) is 5.33. The van der Waals surface area contributed by atoms with Gasteiger partial charge in [-0.25, -0.2) is 9.97 Å². The topological polar surface area (TPSA) is 89.3 Å². The predicted molar refractivity (Wildman–Crippen MR) is 89.1 cm³/mol. The lowest BCUT2D eigenvalue weighted by molar-refractivity contribution is 0.0696. The lowest BCUT2D eigenvalue weighted by atomic mass is 10.1. The van der Waals surface area contributed by atoms with Gasteiger partial charge in [0, 0.05) is 24.8 Å². The number of nitrogens with one attached hydrogen (secondary N) is 2. The predicted octanol–water partition coefficient (Wildman–Crippen LogP) is 2.40. The van der Waals surface area contributed by atoms with Gasteiger partial charge < -0.3 is 19.8 Å². The van der Waals surface area contributed by atoms with Crippen LogP contribution in [0.3, 0.4) is 0 Å². The van der Waals surface area contributed by atoms with Gasteiger partial charge in [-0.15, -0.1) is 0 Å². The highest BCUT2D eigenvalue weighted by atomic mass is 16.5. The molecule has 2 aromatic rings. The van der Waals surface area contributed by atoms with Gasteiger partial charge in [0.15, 0.2) is 0 Å². The number of anilines is 1. The number of aromatic nitrogens is 2. The molecule has 7 nitrogen and oxygen atoms in total. The fourth-order valence-electron chi connectivity index (χ4n) is 3.11. The maximum absolute atomic E-state index is 12.8. The van der Waals surface area contributed by atoms with Gasteiger partial charge in [0.1, 0.15) is 17.9 Å². The average molecular weight is 330 g/mol. The molecule has 24 heavy (non-hydrogen) atoms. The summed E-state index contributed by atoms with van der Waals surface area (Å²) >= 11 is 0. The third-order valence-electron chi connectivity index (χ3n) is 4.87. The van der Waals surface area contributed by atoms with Crippen molar-refractivity contribution >= 4 is 22.8 Å². The Hall–Kier alpha value is -2.15. The molecule has 4 rings (SSSR count). The summed E-state index contributed by atoms with van der Waals surface area (Å²) < 4.78 is 11.1. The molecular formula is C17H22N4O3. The molecule has 1 aliphatic carbocycles. The number of carbonyl (C=O) groups is 1. The maximum Gasteiger partial charge on any atom is 0.255 e. The van der Waals surface area contributed by atoms with Crippen LogP contribution in [0.15, 0.2) is 10.7 Å². The van der Waals surface area contributed by atoms with E-state index >= 15 is 0 Å². The van der Waals surface area contributed by atoms with E-state index < -0.39 is 0 Å². The highest BCUT2D eigenvalue weighted by Crippen LogP contribution is 2.40. The van der Waals surface area contributed by atoms with Crippen LogP contribution in [0.25, 0.3) is 11.1 Å². The van der Waals surface area contributed by atoms with E-state index in [9.17, 15) is 4.79 Å². The Balaban J connectivity index is 1.68. The van der Waals surface area contributed by atoms with E-state index in [1.165, 1.54) is 6.33 Å². The number of amides is 1. The summed E-state index contributed by atoms with van der Waals surface area (Å²) in [6, 6.07) is 0.137. The Morgan fingerprint density at radius 1 is 1.29 bits per heavy atom. The zero-order valence-electron chi connectivity index (χ0n) is 14.0. The van der Waals surface area contributed by atoms with E-state index in [1.54, 1.807) is 6.92 Å². The van der Waals surface area contributed by atoms with Crippen LogP contribution in [-0.2, 0) is 4.74 Å². The van der Waals surface area contributed by atoms with Crippen molar-refractivity contribution in [2.24, 2.45) is 0 Å². The minimum Gasteiger partial charge on any atom is -0.442 e. The van der Waals surface area contributed by atoms with Crippen molar-refractivity contribution in [3.05, 3.63) is 17.7 Å². The second kappa shape index (κ2) is 5.73. The first-order valence-electron chi connectivity index (χ1n) is 8.47.